The Morgan fingerprint density at radius 1 is 1.53 bits per heavy atom. The van der Waals surface area contributed by atoms with E-state index in [1.807, 2.05) is 6.07 Å². The van der Waals surface area contributed by atoms with Gasteiger partial charge in [0.15, 0.2) is 12.7 Å². The van der Waals surface area contributed by atoms with E-state index >= 15 is 0 Å². The molecule has 1 unspecified atom stereocenters. The summed E-state index contributed by atoms with van der Waals surface area (Å²) < 4.78 is 10.5. The number of halogens is 1. The van der Waals surface area contributed by atoms with Crippen LogP contribution in [-0.2, 0) is 9.53 Å². The minimum Gasteiger partial charge on any atom is -0.484 e. The summed E-state index contributed by atoms with van der Waals surface area (Å²) >= 11 is 5.75. The van der Waals surface area contributed by atoms with E-state index in [0.717, 1.165) is 0 Å². The number of carbonyl (C=O) groups excluding carboxylic acids is 1. The first-order chi connectivity index (χ1) is 9.19. The maximum atomic E-state index is 11.9. The lowest BCUT2D eigenvalue weighted by molar-refractivity contribution is -0.139. The van der Waals surface area contributed by atoms with Crippen molar-refractivity contribution in [3.8, 4) is 11.8 Å². The number of ether oxygens (including phenoxy) is 2. The summed E-state index contributed by atoms with van der Waals surface area (Å²) in [6.07, 6.45) is -0.548. The van der Waals surface area contributed by atoms with Gasteiger partial charge in [-0.3, -0.25) is 4.79 Å². The Bertz CT molecular complexity index is 484. The van der Waals surface area contributed by atoms with Gasteiger partial charge in [-0.05, 0) is 24.3 Å². The number of nitrogens with zero attached hydrogens (tertiary/aromatic N) is 2. The molecule has 19 heavy (non-hydrogen) atoms. The Balaban J connectivity index is 1.84. The van der Waals surface area contributed by atoms with Crippen molar-refractivity contribution in [2.75, 3.05) is 26.3 Å². The third-order valence-corrected chi connectivity index (χ3v) is 2.99. The van der Waals surface area contributed by atoms with Crippen LogP contribution in [0.2, 0.25) is 5.02 Å². The van der Waals surface area contributed by atoms with Gasteiger partial charge < -0.3 is 14.4 Å². The maximum Gasteiger partial charge on any atom is 0.260 e. The van der Waals surface area contributed by atoms with Crippen LogP contribution in [0.4, 0.5) is 0 Å². The Labute approximate surface area is 116 Å². The Morgan fingerprint density at radius 2 is 2.26 bits per heavy atom. The maximum absolute atomic E-state index is 11.9. The minimum atomic E-state index is -0.548. The lowest BCUT2D eigenvalue weighted by atomic mass is 10.3. The zero-order valence-electron chi connectivity index (χ0n) is 10.2. The highest BCUT2D eigenvalue weighted by atomic mass is 35.5. The predicted octanol–water partition coefficient (Wildman–Crippen LogP) is 1.47. The highest BCUT2D eigenvalue weighted by Crippen LogP contribution is 2.15. The van der Waals surface area contributed by atoms with Gasteiger partial charge >= 0.3 is 0 Å². The van der Waals surface area contributed by atoms with E-state index in [-0.39, 0.29) is 12.5 Å². The van der Waals surface area contributed by atoms with Crippen LogP contribution in [-0.4, -0.2) is 43.2 Å². The van der Waals surface area contributed by atoms with Crippen molar-refractivity contribution >= 4 is 17.5 Å². The van der Waals surface area contributed by atoms with Crippen LogP contribution in [0.3, 0.4) is 0 Å². The number of hydrogen-bond acceptors (Lipinski definition) is 4. The summed E-state index contributed by atoms with van der Waals surface area (Å²) in [4.78, 5) is 13.5. The zero-order chi connectivity index (χ0) is 13.7. The molecule has 1 aliphatic rings. The van der Waals surface area contributed by atoms with Gasteiger partial charge in [0.25, 0.3) is 5.91 Å². The molecule has 5 nitrogen and oxygen atoms in total. The van der Waals surface area contributed by atoms with E-state index in [2.05, 4.69) is 0 Å². The molecule has 1 amide bonds. The van der Waals surface area contributed by atoms with Crippen molar-refractivity contribution < 1.29 is 14.3 Å². The summed E-state index contributed by atoms with van der Waals surface area (Å²) in [5.41, 5.74) is 0. The van der Waals surface area contributed by atoms with Gasteiger partial charge in [-0.2, -0.15) is 5.26 Å². The number of nitriles is 1. The average molecular weight is 281 g/mol. The molecule has 1 aliphatic heterocycles. The summed E-state index contributed by atoms with van der Waals surface area (Å²) in [5, 5.41) is 9.38. The van der Waals surface area contributed by atoms with Crippen molar-refractivity contribution in [1.82, 2.24) is 4.90 Å². The molecule has 1 saturated heterocycles. The first-order valence-electron chi connectivity index (χ1n) is 5.86. The minimum absolute atomic E-state index is 0.0558. The summed E-state index contributed by atoms with van der Waals surface area (Å²) in [6, 6.07) is 8.79. The first kappa shape index (κ1) is 13.7. The molecule has 0 aliphatic carbocycles. The molecule has 0 spiro atoms. The first-order valence-corrected chi connectivity index (χ1v) is 6.24. The number of benzene rings is 1. The number of hydrogen-bond donors (Lipinski definition) is 0. The number of amides is 1. The van der Waals surface area contributed by atoms with Crippen LogP contribution in [0.5, 0.6) is 5.75 Å². The quantitative estimate of drug-likeness (QED) is 0.841. The lowest BCUT2D eigenvalue weighted by Gasteiger charge is -2.29. The molecule has 0 aromatic heterocycles. The molecule has 6 heteroatoms. The van der Waals surface area contributed by atoms with Crippen LogP contribution in [0.15, 0.2) is 24.3 Å². The fourth-order valence-corrected chi connectivity index (χ4v) is 1.85. The molecule has 100 valence electrons. The number of carbonyl (C=O) groups is 1. The molecule has 1 aromatic carbocycles. The highest BCUT2D eigenvalue weighted by molar-refractivity contribution is 6.30. The third-order valence-electron chi connectivity index (χ3n) is 2.74. The fourth-order valence-electron chi connectivity index (χ4n) is 1.72. The van der Waals surface area contributed by atoms with Crippen molar-refractivity contribution in [3.63, 3.8) is 0 Å². The SMILES string of the molecule is N#CC1CN(C(=O)COc2ccc(Cl)cc2)CCO1. The van der Waals surface area contributed by atoms with Gasteiger partial charge in [0.05, 0.1) is 19.2 Å². The van der Waals surface area contributed by atoms with E-state index in [4.69, 9.17) is 26.3 Å². The monoisotopic (exact) mass is 280 g/mol. The normalized spacial score (nSPS) is 18.7. The van der Waals surface area contributed by atoms with Gasteiger partial charge in [0.1, 0.15) is 5.75 Å². The molecule has 1 atom stereocenters. The molecule has 0 bridgehead atoms. The second kappa shape index (κ2) is 6.41. The van der Waals surface area contributed by atoms with Crippen LogP contribution in [0.25, 0.3) is 0 Å². The van der Waals surface area contributed by atoms with Crippen LogP contribution >= 0.6 is 11.6 Å². The van der Waals surface area contributed by atoms with Crippen molar-refractivity contribution in [3.05, 3.63) is 29.3 Å². The molecule has 0 saturated carbocycles. The molecular weight excluding hydrogens is 268 g/mol. The predicted molar refractivity (Wildman–Crippen MR) is 68.9 cm³/mol. The standard InChI is InChI=1S/C13H13ClN2O3/c14-10-1-3-11(4-2-10)19-9-13(17)16-5-6-18-12(7-15)8-16/h1-4,12H,5-6,8-9H2. The Morgan fingerprint density at radius 3 is 2.95 bits per heavy atom. The molecule has 1 heterocycles. The van der Waals surface area contributed by atoms with Gasteiger partial charge in [0, 0.05) is 11.6 Å². The molecule has 0 N–H and O–H groups in total. The van der Waals surface area contributed by atoms with Gasteiger partial charge in [-0.15, -0.1) is 0 Å². The van der Waals surface area contributed by atoms with E-state index in [1.165, 1.54) is 0 Å². The van der Waals surface area contributed by atoms with Gasteiger partial charge in [-0.1, -0.05) is 11.6 Å². The third kappa shape index (κ3) is 3.85. The van der Waals surface area contributed by atoms with Crippen LogP contribution in [0.1, 0.15) is 0 Å². The highest BCUT2D eigenvalue weighted by Gasteiger charge is 2.24. The van der Waals surface area contributed by atoms with E-state index in [1.54, 1.807) is 29.2 Å². The molecule has 2 rings (SSSR count). The Hall–Kier alpha value is -1.77. The summed E-state index contributed by atoms with van der Waals surface area (Å²) in [6.45, 7) is 1.10. The van der Waals surface area contributed by atoms with E-state index in [0.29, 0.717) is 30.5 Å². The van der Waals surface area contributed by atoms with Gasteiger partial charge in [-0.25, -0.2) is 0 Å². The Kier molecular flexibility index (Phi) is 4.61. The zero-order valence-corrected chi connectivity index (χ0v) is 11.0. The molecular formula is C13H13ClN2O3. The smallest absolute Gasteiger partial charge is 0.260 e. The molecule has 0 radical (unpaired) electrons. The van der Waals surface area contributed by atoms with Crippen LogP contribution in [0, 0.1) is 11.3 Å². The summed E-state index contributed by atoms with van der Waals surface area (Å²) in [7, 11) is 0. The average Bonchev–Trinajstić information content (AvgIpc) is 2.46. The summed E-state index contributed by atoms with van der Waals surface area (Å²) in [5.74, 6) is 0.432. The van der Waals surface area contributed by atoms with Crippen molar-refractivity contribution in [2.45, 2.75) is 6.10 Å². The van der Waals surface area contributed by atoms with E-state index in [9.17, 15) is 4.79 Å². The molecule has 1 fully saturated rings. The van der Waals surface area contributed by atoms with Crippen molar-refractivity contribution in [2.24, 2.45) is 0 Å². The van der Waals surface area contributed by atoms with Crippen LogP contribution < -0.4 is 4.74 Å². The number of rotatable bonds is 3. The van der Waals surface area contributed by atoms with E-state index < -0.39 is 6.10 Å². The topological polar surface area (TPSA) is 62.6 Å². The second-order valence-electron chi connectivity index (χ2n) is 4.07. The number of morpholine rings is 1. The van der Waals surface area contributed by atoms with Gasteiger partial charge in [0.2, 0.25) is 0 Å². The largest absolute Gasteiger partial charge is 0.484 e. The lowest BCUT2D eigenvalue weighted by Crippen LogP contribution is -2.46. The fraction of sp³-hybridized carbons (Fsp3) is 0.385. The van der Waals surface area contributed by atoms with Crippen molar-refractivity contribution in [1.29, 1.82) is 5.26 Å². The molecule has 1 aromatic rings. The second-order valence-corrected chi connectivity index (χ2v) is 4.51.